The molecule has 0 spiro atoms. The largest absolute Gasteiger partial charge is 0.338 e. The van der Waals surface area contributed by atoms with Crippen LogP contribution < -0.4 is 5.32 Å². The van der Waals surface area contributed by atoms with Gasteiger partial charge in [0.2, 0.25) is 5.82 Å². The van der Waals surface area contributed by atoms with Crippen molar-refractivity contribution in [2.75, 3.05) is 11.9 Å². The topological polar surface area (TPSA) is 68.8 Å². The first-order valence-electron chi connectivity index (χ1n) is 4.87. The van der Waals surface area contributed by atoms with Gasteiger partial charge in [-0.25, -0.2) is 0 Å². The Bertz CT molecular complexity index is 433. The molecule has 0 radical (unpaired) electrons. The number of aromatic nitrogens is 4. The predicted octanol–water partition coefficient (Wildman–Crippen LogP) is 1.29. The second-order valence-corrected chi connectivity index (χ2v) is 3.22. The van der Waals surface area contributed by atoms with Crippen LogP contribution in [0.15, 0.2) is 16.8 Å². The molecule has 0 aliphatic carbocycles. The molecule has 15 heavy (non-hydrogen) atoms. The minimum atomic E-state index is 0.442. The monoisotopic (exact) mass is 207 g/mol. The summed E-state index contributed by atoms with van der Waals surface area (Å²) < 4.78 is 6.71. The number of nitrogens with zero attached hydrogens (tertiary/aromatic N) is 4. The van der Waals surface area contributed by atoms with E-state index < -0.39 is 0 Å². The van der Waals surface area contributed by atoms with Crippen molar-refractivity contribution in [1.29, 1.82) is 0 Å². The molecule has 80 valence electrons. The van der Waals surface area contributed by atoms with E-state index >= 15 is 0 Å². The van der Waals surface area contributed by atoms with Gasteiger partial charge in [-0.1, -0.05) is 12.1 Å². The van der Waals surface area contributed by atoms with Gasteiger partial charge in [-0.3, -0.25) is 4.68 Å². The first kappa shape index (κ1) is 9.70. The summed E-state index contributed by atoms with van der Waals surface area (Å²) in [7, 11) is 1.85. The molecule has 0 saturated carbocycles. The van der Waals surface area contributed by atoms with Gasteiger partial charge in [0, 0.05) is 19.8 Å². The van der Waals surface area contributed by atoms with E-state index in [9.17, 15) is 0 Å². The number of hydrogen-bond acceptors (Lipinski definition) is 5. The molecule has 6 heteroatoms. The van der Waals surface area contributed by atoms with Gasteiger partial charge < -0.3 is 9.84 Å². The van der Waals surface area contributed by atoms with Gasteiger partial charge in [0.05, 0.1) is 0 Å². The second-order valence-electron chi connectivity index (χ2n) is 3.22. The van der Waals surface area contributed by atoms with Crippen LogP contribution >= 0.6 is 0 Å². The van der Waals surface area contributed by atoms with Crippen LogP contribution in [0.25, 0.3) is 11.5 Å². The molecule has 2 aromatic rings. The highest BCUT2D eigenvalue weighted by molar-refractivity contribution is 5.48. The summed E-state index contributed by atoms with van der Waals surface area (Å²) in [5, 5.41) is 11.0. The Kier molecular flexibility index (Phi) is 2.66. The number of anilines is 1. The summed E-state index contributed by atoms with van der Waals surface area (Å²) >= 11 is 0. The Morgan fingerprint density at radius 2 is 2.40 bits per heavy atom. The molecule has 1 N–H and O–H groups in total. The highest BCUT2D eigenvalue weighted by Crippen LogP contribution is 2.14. The van der Waals surface area contributed by atoms with E-state index in [4.69, 9.17) is 4.52 Å². The third kappa shape index (κ3) is 2.15. The Morgan fingerprint density at radius 3 is 3.07 bits per heavy atom. The van der Waals surface area contributed by atoms with Crippen LogP contribution in [0.4, 0.5) is 6.01 Å². The highest BCUT2D eigenvalue weighted by atomic mass is 16.5. The summed E-state index contributed by atoms with van der Waals surface area (Å²) in [5.74, 6) is 0.509. The van der Waals surface area contributed by atoms with Gasteiger partial charge in [-0.2, -0.15) is 10.1 Å². The fourth-order valence-corrected chi connectivity index (χ4v) is 1.17. The van der Waals surface area contributed by atoms with Crippen molar-refractivity contribution in [2.45, 2.75) is 13.3 Å². The fraction of sp³-hybridized carbons (Fsp3) is 0.444. The first-order valence-corrected chi connectivity index (χ1v) is 4.87. The van der Waals surface area contributed by atoms with Crippen LogP contribution in [0.1, 0.15) is 13.3 Å². The number of nitrogens with one attached hydrogen (secondary N) is 1. The van der Waals surface area contributed by atoms with Crippen LogP contribution in [-0.4, -0.2) is 26.5 Å². The maximum Gasteiger partial charge on any atom is 0.321 e. The quantitative estimate of drug-likeness (QED) is 0.818. The Balaban J connectivity index is 2.13. The van der Waals surface area contributed by atoms with Crippen molar-refractivity contribution in [1.82, 2.24) is 19.9 Å². The average Bonchev–Trinajstić information content (AvgIpc) is 2.83. The Hall–Kier alpha value is -1.85. The predicted molar refractivity (Wildman–Crippen MR) is 55.3 cm³/mol. The molecule has 0 bridgehead atoms. The smallest absolute Gasteiger partial charge is 0.321 e. The molecule has 2 heterocycles. The van der Waals surface area contributed by atoms with Gasteiger partial charge in [-0.15, -0.1) is 0 Å². The van der Waals surface area contributed by atoms with Crippen molar-refractivity contribution >= 4 is 6.01 Å². The molecule has 0 atom stereocenters. The van der Waals surface area contributed by atoms with Crippen LogP contribution in [0.2, 0.25) is 0 Å². The zero-order valence-electron chi connectivity index (χ0n) is 8.77. The molecule has 0 fully saturated rings. The summed E-state index contributed by atoms with van der Waals surface area (Å²) in [6.45, 7) is 2.90. The molecule has 2 rings (SSSR count). The zero-order chi connectivity index (χ0) is 10.7. The van der Waals surface area contributed by atoms with E-state index in [-0.39, 0.29) is 0 Å². The summed E-state index contributed by atoms with van der Waals surface area (Å²) in [6.07, 6.45) is 2.85. The maximum absolute atomic E-state index is 5.01. The van der Waals surface area contributed by atoms with Crippen LogP contribution in [0.3, 0.4) is 0 Å². The normalized spacial score (nSPS) is 10.5. The Morgan fingerprint density at radius 1 is 1.53 bits per heavy atom. The molecule has 6 nitrogen and oxygen atoms in total. The van der Waals surface area contributed by atoms with Crippen molar-refractivity contribution in [3.63, 3.8) is 0 Å². The molecular formula is C9H13N5O. The van der Waals surface area contributed by atoms with Gasteiger partial charge in [0.15, 0.2) is 0 Å². The maximum atomic E-state index is 5.01. The molecule has 0 unspecified atom stereocenters. The number of aryl methyl sites for hydroxylation is 1. The van der Waals surface area contributed by atoms with Gasteiger partial charge >= 0.3 is 6.01 Å². The summed E-state index contributed by atoms with van der Waals surface area (Å²) in [5.41, 5.74) is 0.714. The van der Waals surface area contributed by atoms with Gasteiger partial charge in [0.1, 0.15) is 5.69 Å². The number of hydrogen-bond donors (Lipinski definition) is 1. The van der Waals surface area contributed by atoms with Crippen molar-refractivity contribution in [2.24, 2.45) is 7.05 Å². The van der Waals surface area contributed by atoms with Crippen molar-refractivity contribution in [3.05, 3.63) is 12.3 Å². The van der Waals surface area contributed by atoms with Gasteiger partial charge in [-0.05, 0) is 12.5 Å². The molecule has 0 saturated heterocycles. The van der Waals surface area contributed by atoms with E-state index in [1.807, 2.05) is 19.3 Å². The lowest BCUT2D eigenvalue weighted by atomic mass is 10.4. The molecule has 0 aromatic carbocycles. The van der Waals surface area contributed by atoms with Crippen LogP contribution in [-0.2, 0) is 7.05 Å². The summed E-state index contributed by atoms with van der Waals surface area (Å²) in [4.78, 5) is 4.17. The van der Waals surface area contributed by atoms with Crippen molar-refractivity contribution in [3.8, 4) is 11.5 Å². The summed E-state index contributed by atoms with van der Waals surface area (Å²) in [6, 6.07) is 2.28. The van der Waals surface area contributed by atoms with E-state index in [0.717, 1.165) is 13.0 Å². The van der Waals surface area contributed by atoms with E-state index in [2.05, 4.69) is 27.5 Å². The zero-order valence-corrected chi connectivity index (χ0v) is 8.77. The fourth-order valence-electron chi connectivity index (χ4n) is 1.17. The number of rotatable bonds is 4. The Labute approximate surface area is 87.3 Å². The van der Waals surface area contributed by atoms with Crippen molar-refractivity contribution < 1.29 is 4.52 Å². The highest BCUT2D eigenvalue weighted by Gasteiger charge is 2.09. The average molecular weight is 207 g/mol. The third-order valence-corrected chi connectivity index (χ3v) is 1.89. The van der Waals surface area contributed by atoms with E-state index in [1.165, 1.54) is 0 Å². The van der Waals surface area contributed by atoms with Gasteiger partial charge in [0.25, 0.3) is 0 Å². The molecule has 2 aromatic heterocycles. The minimum Gasteiger partial charge on any atom is -0.338 e. The van der Waals surface area contributed by atoms with E-state index in [1.54, 1.807) is 4.68 Å². The first-order chi connectivity index (χ1) is 7.29. The van der Waals surface area contributed by atoms with E-state index in [0.29, 0.717) is 17.5 Å². The lowest BCUT2D eigenvalue weighted by Crippen LogP contribution is -1.99. The molecule has 0 amide bonds. The SMILES string of the molecule is CCCNc1nc(-c2ccn(C)n2)no1. The lowest BCUT2D eigenvalue weighted by Gasteiger charge is -1.93. The molecule has 0 aliphatic rings. The molecular weight excluding hydrogens is 194 g/mol. The van der Waals surface area contributed by atoms with Crippen LogP contribution in [0, 0.1) is 0 Å². The van der Waals surface area contributed by atoms with Crippen LogP contribution in [0.5, 0.6) is 0 Å². The standard InChI is InChI=1S/C9H13N5O/c1-3-5-10-9-11-8(13-15-9)7-4-6-14(2)12-7/h4,6H,3,5H2,1-2H3,(H,10,11,13). The third-order valence-electron chi connectivity index (χ3n) is 1.89. The second kappa shape index (κ2) is 4.12. The lowest BCUT2D eigenvalue weighted by molar-refractivity contribution is 0.431. The molecule has 0 aliphatic heterocycles. The minimum absolute atomic E-state index is 0.442.